The molecule has 3 rings (SSSR count). The van der Waals surface area contributed by atoms with Crippen LogP contribution in [0.5, 0.6) is 0 Å². The molecule has 0 saturated heterocycles. The van der Waals surface area contributed by atoms with Crippen molar-refractivity contribution in [2.24, 2.45) is 0 Å². The predicted molar refractivity (Wildman–Crippen MR) is 119 cm³/mol. The van der Waals surface area contributed by atoms with Crippen molar-refractivity contribution >= 4 is 72.7 Å². The summed E-state index contributed by atoms with van der Waals surface area (Å²) in [6.07, 6.45) is 3.09. The normalized spacial score (nSPS) is 10.4. The number of halogens is 3. The summed E-state index contributed by atoms with van der Waals surface area (Å²) in [4.78, 5) is 4.37. The van der Waals surface area contributed by atoms with Crippen LogP contribution >= 0.6 is 43.5 Å². The lowest BCUT2D eigenvalue weighted by Gasteiger charge is -2.12. The van der Waals surface area contributed by atoms with E-state index in [0.717, 1.165) is 14.5 Å². The fraction of sp³-hybridized carbons (Fsp3) is 0. The fourth-order valence-electron chi connectivity index (χ4n) is 2.26. The third-order valence-corrected chi connectivity index (χ3v) is 5.08. The summed E-state index contributed by atoms with van der Waals surface area (Å²) in [6.45, 7) is 0. The Hall–Kier alpha value is -2.98. The highest BCUT2D eigenvalue weighted by molar-refractivity contribution is 9.11. The van der Waals surface area contributed by atoms with Crippen molar-refractivity contribution in [2.75, 3.05) is 10.6 Å². The second-order valence-corrected chi connectivity index (χ2v) is 7.60. The van der Waals surface area contributed by atoms with E-state index < -0.39 is 0 Å². The van der Waals surface area contributed by atoms with Crippen molar-refractivity contribution in [2.45, 2.75) is 0 Å². The maximum absolute atomic E-state index is 8.89. The molecular weight excluding hydrogens is 522 g/mol. The SMILES string of the molecule is N#CC=Cc1cc(Br)c(Nc2nnc(Cl)c(Nc3ccc(C#N)cc3)n2)c(Br)c1. The maximum atomic E-state index is 8.89. The van der Waals surface area contributed by atoms with Crippen LogP contribution < -0.4 is 10.6 Å². The standard InChI is InChI=1S/C19H10Br2ClN7/c20-14-8-12(2-1-7-23)9-15(21)16(14)26-19-27-18(17(22)28-29-19)25-13-5-3-11(10-24)4-6-13/h1-6,8-9H,(H2,25,26,27,29). The molecule has 2 aromatic carbocycles. The van der Waals surface area contributed by atoms with E-state index >= 15 is 0 Å². The zero-order chi connectivity index (χ0) is 20.8. The van der Waals surface area contributed by atoms with E-state index in [9.17, 15) is 0 Å². The largest absolute Gasteiger partial charge is 0.337 e. The van der Waals surface area contributed by atoms with Gasteiger partial charge in [0.1, 0.15) is 0 Å². The number of hydrogen-bond donors (Lipinski definition) is 2. The number of nitrogens with zero attached hydrogens (tertiary/aromatic N) is 5. The smallest absolute Gasteiger partial charge is 0.249 e. The lowest BCUT2D eigenvalue weighted by Crippen LogP contribution is -2.04. The molecule has 7 nitrogen and oxygen atoms in total. The van der Waals surface area contributed by atoms with Gasteiger partial charge in [-0.3, -0.25) is 0 Å². The quantitative estimate of drug-likeness (QED) is 0.392. The minimum atomic E-state index is 0.107. The molecule has 0 bridgehead atoms. The van der Waals surface area contributed by atoms with Gasteiger partial charge in [0.25, 0.3) is 0 Å². The third-order valence-electron chi connectivity index (χ3n) is 3.57. The molecular formula is C19H10Br2ClN7. The first kappa shape index (κ1) is 20.7. The zero-order valence-electron chi connectivity index (χ0n) is 14.5. The van der Waals surface area contributed by atoms with Crippen molar-refractivity contribution < 1.29 is 0 Å². The van der Waals surface area contributed by atoms with Crippen molar-refractivity contribution in [3.8, 4) is 12.1 Å². The predicted octanol–water partition coefficient (Wildman–Crippen LogP) is 5.95. The van der Waals surface area contributed by atoms with E-state index in [1.165, 1.54) is 6.08 Å². The van der Waals surface area contributed by atoms with Gasteiger partial charge in [0.05, 0.1) is 23.4 Å². The number of allylic oxidation sites excluding steroid dienone is 1. The number of anilines is 4. The van der Waals surface area contributed by atoms with Gasteiger partial charge in [0.15, 0.2) is 11.0 Å². The molecule has 0 aliphatic heterocycles. The van der Waals surface area contributed by atoms with Gasteiger partial charge in [-0.25, -0.2) is 0 Å². The summed E-state index contributed by atoms with van der Waals surface area (Å²) in [5.41, 5.74) is 2.78. The van der Waals surface area contributed by atoms with Gasteiger partial charge < -0.3 is 10.6 Å². The highest BCUT2D eigenvalue weighted by Crippen LogP contribution is 2.35. The Bertz CT molecular complexity index is 1140. The molecule has 10 heteroatoms. The number of benzene rings is 2. The van der Waals surface area contributed by atoms with E-state index in [0.29, 0.717) is 22.8 Å². The number of hydrogen-bond acceptors (Lipinski definition) is 7. The first-order valence-electron chi connectivity index (χ1n) is 8.00. The van der Waals surface area contributed by atoms with E-state index in [-0.39, 0.29) is 11.1 Å². The molecule has 0 amide bonds. The Labute approximate surface area is 188 Å². The van der Waals surface area contributed by atoms with Gasteiger partial charge in [0, 0.05) is 20.7 Å². The molecule has 29 heavy (non-hydrogen) atoms. The molecule has 0 unspecified atom stereocenters. The summed E-state index contributed by atoms with van der Waals surface area (Å²) in [7, 11) is 0. The van der Waals surface area contributed by atoms with Crippen LogP contribution in [0.3, 0.4) is 0 Å². The molecule has 1 heterocycles. The third kappa shape index (κ3) is 5.30. The van der Waals surface area contributed by atoms with Crippen LogP contribution in [0.1, 0.15) is 11.1 Å². The summed E-state index contributed by atoms with van der Waals surface area (Å²) in [5, 5.41) is 31.7. The van der Waals surface area contributed by atoms with Crippen LogP contribution in [-0.2, 0) is 0 Å². The average molecular weight is 532 g/mol. The van der Waals surface area contributed by atoms with Crippen molar-refractivity contribution in [1.82, 2.24) is 15.2 Å². The molecule has 0 spiro atoms. The Morgan fingerprint density at radius 3 is 2.31 bits per heavy atom. The molecule has 0 aliphatic rings. The molecule has 142 valence electrons. The minimum Gasteiger partial charge on any atom is -0.337 e. The second-order valence-electron chi connectivity index (χ2n) is 5.54. The van der Waals surface area contributed by atoms with Crippen LogP contribution in [-0.4, -0.2) is 15.2 Å². The molecule has 1 aromatic heterocycles. The molecule has 2 N–H and O–H groups in total. The Balaban J connectivity index is 1.85. The Kier molecular flexibility index (Phi) is 6.78. The molecule has 0 aliphatic carbocycles. The molecule has 3 aromatic rings. The lowest BCUT2D eigenvalue weighted by molar-refractivity contribution is 0.982. The van der Waals surface area contributed by atoms with Crippen LogP contribution in [0.15, 0.2) is 51.4 Å². The fourth-order valence-corrected chi connectivity index (χ4v) is 3.81. The van der Waals surface area contributed by atoms with Crippen molar-refractivity contribution in [3.05, 3.63) is 67.7 Å². The van der Waals surface area contributed by atoms with E-state index in [1.807, 2.05) is 18.2 Å². The van der Waals surface area contributed by atoms with E-state index in [1.54, 1.807) is 30.3 Å². The van der Waals surface area contributed by atoms with Crippen LogP contribution in [0.2, 0.25) is 5.15 Å². The average Bonchev–Trinajstić information content (AvgIpc) is 2.72. The Morgan fingerprint density at radius 1 is 1.00 bits per heavy atom. The minimum absolute atomic E-state index is 0.107. The van der Waals surface area contributed by atoms with Gasteiger partial charge in [-0.1, -0.05) is 11.6 Å². The summed E-state index contributed by atoms with van der Waals surface area (Å²) in [5.74, 6) is 0.543. The highest BCUT2D eigenvalue weighted by atomic mass is 79.9. The number of nitriles is 2. The monoisotopic (exact) mass is 529 g/mol. The van der Waals surface area contributed by atoms with Gasteiger partial charge in [-0.05, 0) is 79.9 Å². The zero-order valence-corrected chi connectivity index (χ0v) is 18.4. The summed E-state index contributed by atoms with van der Waals surface area (Å²) < 4.78 is 1.48. The molecule has 0 atom stereocenters. The number of nitrogens with one attached hydrogen (secondary N) is 2. The maximum Gasteiger partial charge on any atom is 0.249 e. The summed E-state index contributed by atoms with van der Waals surface area (Å²) in [6, 6.07) is 14.6. The number of rotatable bonds is 5. The van der Waals surface area contributed by atoms with E-state index in [4.69, 9.17) is 22.1 Å². The van der Waals surface area contributed by atoms with Gasteiger partial charge in [0.2, 0.25) is 5.95 Å². The molecule has 0 saturated carbocycles. The van der Waals surface area contributed by atoms with Crippen LogP contribution in [0.4, 0.5) is 23.1 Å². The Morgan fingerprint density at radius 2 is 1.69 bits per heavy atom. The highest BCUT2D eigenvalue weighted by Gasteiger charge is 2.12. The first-order valence-corrected chi connectivity index (χ1v) is 9.96. The van der Waals surface area contributed by atoms with Crippen LogP contribution in [0, 0.1) is 22.7 Å². The van der Waals surface area contributed by atoms with Crippen molar-refractivity contribution in [1.29, 1.82) is 10.5 Å². The van der Waals surface area contributed by atoms with Crippen molar-refractivity contribution in [3.63, 3.8) is 0 Å². The topological polar surface area (TPSA) is 110 Å². The van der Waals surface area contributed by atoms with E-state index in [2.05, 4.69) is 63.7 Å². The molecule has 0 fully saturated rings. The lowest BCUT2D eigenvalue weighted by atomic mass is 10.2. The van der Waals surface area contributed by atoms with Crippen LogP contribution in [0.25, 0.3) is 6.08 Å². The van der Waals surface area contributed by atoms with Gasteiger partial charge >= 0.3 is 0 Å². The first-order chi connectivity index (χ1) is 14.0. The molecule has 0 radical (unpaired) electrons. The van der Waals surface area contributed by atoms with Gasteiger partial charge in [-0.15, -0.1) is 10.2 Å². The second kappa shape index (κ2) is 9.48. The summed E-state index contributed by atoms with van der Waals surface area (Å²) >= 11 is 13.1. The number of aromatic nitrogens is 3. The van der Waals surface area contributed by atoms with Gasteiger partial charge in [-0.2, -0.15) is 15.5 Å².